The normalized spacial score (nSPS) is 19.6. The summed E-state index contributed by atoms with van der Waals surface area (Å²) in [4.78, 5) is 1.40. The van der Waals surface area contributed by atoms with E-state index in [4.69, 9.17) is 11.6 Å². The van der Waals surface area contributed by atoms with E-state index >= 15 is 0 Å². The third-order valence-electron chi connectivity index (χ3n) is 3.99. The first-order valence-corrected chi connectivity index (χ1v) is 8.09. The number of aryl methyl sites for hydroxylation is 1. The first-order chi connectivity index (χ1) is 9.65. The molecule has 20 heavy (non-hydrogen) atoms. The van der Waals surface area contributed by atoms with Crippen molar-refractivity contribution in [1.29, 1.82) is 0 Å². The van der Waals surface area contributed by atoms with Crippen LogP contribution in [0.5, 0.6) is 0 Å². The van der Waals surface area contributed by atoms with E-state index in [0.717, 1.165) is 24.8 Å². The Balaban J connectivity index is 1.77. The maximum absolute atomic E-state index is 13.2. The summed E-state index contributed by atoms with van der Waals surface area (Å²) in [6.45, 7) is 0. The van der Waals surface area contributed by atoms with Gasteiger partial charge in [-0.2, -0.15) is 0 Å². The summed E-state index contributed by atoms with van der Waals surface area (Å²) < 4.78 is 13.2. The number of benzene rings is 1. The zero-order valence-corrected chi connectivity index (χ0v) is 12.6. The van der Waals surface area contributed by atoms with E-state index < -0.39 is 11.9 Å². The van der Waals surface area contributed by atoms with Gasteiger partial charge >= 0.3 is 0 Å². The fourth-order valence-corrected chi connectivity index (χ4v) is 4.17. The predicted molar refractivity (Wildman–Crippen MR) is 81.1 cm³/mol. The van der Waals surface area contributed by atoms with Crippen LogP contribution in [0.1, 0.15) is 34.8 Å². The average Bonchev–Trinajstić information content (AvgIpc) is 2.91. The monoisotopic (exact) mass is 310 g/mol. The molecule has 0 radical (unpaired) electrons. The molecule has 1 aliphatic rings. The van der Waals surface area contributed by atoms with Crippen LogP contribution in [0.15, 0.2) is 29.6 Å². The molecule has 0 amide bonds. The van der Waals surface area contributed by atoms with Crippen LogP contribution in [-0.2, 0) is 12.8 Å². The summed E-state index contributed by atoms with van der Waals surface area (Å²) in [5.41, 5.74) is 2.17. The van der Waals surface area contributed by atoms with Crippen molar-refractivity contribution in [3.63, 3.8) is 0 Å². The van der Waals surface area contributed by atoms with Crippen LogP contribution in [0, 0.1) is 5.82 Å². The first kappa shape index (κ1) is 14.1. The molecule has 1 aliphatic carbocycles. The Morgan fingerprint density at radius 3 is 3.05 bits per heavy atom. The maximum Gasteiger partial charge on any atom is 0.141 e. The summed E-state index contributed by atoms with van der Waals surface area (Å²) in [7, 11) is 0. The van der Waals surface area contributed by atoms with Crippen LogP contribution in [0.4, 0.5) is 4.39 Å². The van der Waals surface area contributed by atoms with Crippen LogP contribution in [0.25, 0.3) is 0 Å². The van der Waals surface area contributed by atoms with E-state index in [1.54, 1.807) is 23.5 Å². The van der Waals surface area contributed by atoms with Gasteiger partial charge in [0, 0.05) is 10.8 Å². The van der Waals surface area contributed by atoms with Crippen LogP contribution in [0.2, 0.25) is 5.02 Å². The molecule has 0 saturated heterocycles. The molecule has 0 bridgehead atoms. The molecule has 1 heterocycles. The maximum atomic E-state index is 13.2. The van der Waals surface area contributed by atoms with Crippen LogP contribution in [0.3, 0.4) is 0 Å². The SMILES string of the molecule is OC(Cc1ccc(F)c(Cl)c1)C1CCCc2sccc21. The Labute approximate surface area is 127 Å². The van der Waals surface area contributed by atoms with Gasteiger partial charge in [0.1, 0.15) is 5.82 Å². The molecule has 4 heteroatoms. The molecule has 1 nitrogen and oxygen atoms in total. The van der Waals surface area contributed by atoms with Crippen molar-refractivity contribution < 1.29 is 9.50 Å². The second kappa shape index (κ2) is 5.84. The number of fused-ring (bicyclic) bond motifs is 1. The fourth-order valence-electron chi connectivity index (χ4n) is 2.97. The minimum Gasteiger partial charge on any atom is -0.392 e. The van der Waals surface area contributed by atoms with E-state index in [1.807, 2.05) is 0 Å². The Hall–Kier alpha value is -0.900. The minimum atomic E-state index is -0.440. The summed E-state index contributed by atoms with van der Waals surface area (Å²) in [6, 6.07) is 6.80. The Morgan fingerprint density at radius 1 is 1.40 bits per heavy atom. The molecule has 1 aromatic heterocycles. The number of rotatable bonds is 3. The summed E-state index contributed by atoms with van der Waals surface area (Å²) in [6.07, 6.45) is 3.34. The van der Waals surface area contributed by atoms with Gasteiger partial charge in [-0.1, -0.05) is 17.7 Å². The van der Waals surface area contributed by atoms with Gasteiger partial charge in [-0.05, 0) is 60.4 Å². The van der Waals surface area contributed by atoms with Crippen molar-refractivity contribution in [2.75, 3.05) is 0 Å². The van der Waals surface area contributed by atoms with Gasteiger partial charge in [0.15, 0.2) is 0 Å². The highest BCUT2D eigenvalue weighted by Crippen LogP contribution is 2.37. The molecular formula is C16H16ClFOS. The Morgan fingerprint density at radius 2 is 2.25 bits per heavy atom. The zero-order valence-electron chi connectivity index (χ0n) is 11.0. The third kappa shape index (κ3) is 2.76. The van der Waals surface area contributed by atoms with Gasteiger partial charge in [0.2, 0.25) is 0 Å². The van der Waals surface area contributed by atoms with Gasteiger partial charge in [-0.15, -0.1) is 11.3 Å². The lowest BCUT2D eigenvalue weighted by atomic mass is 9.82. The lowest BCUT2D eigenvalue weighted by Crippen LogP contribution is -2.24. The second-order valence-corrected chi connectivity index (χ2v) is 6.73. The standard InChI is InChI=1S/C16H16ClFOS/c17-13-8-10(4-5-14(13)18)9-15(19)11-2-1-3-16-12(11)6-7-20-16/h4-8,11,15,19H,1-3,9H2. The van der Waals surface area contributed by atoms with Gasteiger partial charge in [0.25, 0.3) is 0 Å². The van der Waals surface area contributed by atoms with E-state index in [2.05, 4.69) is 11.4 Å². The Kier molecular flexibility index (Phi) is 4.11. The molecule has 2 aromatic rings. The molecule has 0 spiro atoms. The van der Waals surface area contributed by atoms with Crippen molar-refractivity contribution in [2.24, 2.45) is 0 Å². The van der Waals surface area contributed by atoms with Gasteiger partial charge in [-0.25, -0.2) is 4.39 Å². The number of aliphatic hydroxyl groups is 1. The van der Waals surface area contributed by atoms with Crippen molar-refractivity contribution in [1.82, 2.24) is 0 Å². The topological polar surface area (TPSA) is 20.2 Å². The largest absolute Gasteiger partial charge is 0.392 e. The van der Waals surface area contributed by atoms with Crippen molar-refractivity contribution in [3.8, 4) is 0 Å². The highest BCUT2D eigenvalue weighted by molar-refractivity contribution is 7.10. The van der Waals surface area contributed by atoms with Crippen molar-refractivity contribution in [3.05, 3.63) is 56.5 Å². The number of thiophene rings is 1. The zero-order chi connectivity index (χ0) is 14.1. The summed E-state index contributed by atoms with van der Waals surface area (Å²) in [5.74, 6) is -0.225. The molecule has 1 aromatic carbocycles. The third-order valence-corrected chi connectivity index (χ3v) is 5.28. The molecule has 0 saturated carbocycles. The van der Waals surface area contributed by atoms with Gasteiger partial charge < -0.3 is 5.11 Å². The highest BCUT2D eigenvalue weighted by atomic mass is 35.5. The number of halogens is 2. The van der Waals surface area contributed by atoms with E-state index in [-0.39, 0.29) is 10.9 Å². The lowest BCUT2D eigenvalue weighted by Gasteiger charge is -2.27. The molecule has 0 aliphatic heterocycles. The van der Waals surface area contributed by atoms with Gasteiger partial charge in [0.05, 0.1) is 11.1 Å². The Bertz CT molecular complexity index is 610. The van der Waals surface area contributed by atoms with Crippen molar-refractivity contribution >= 4 is 22.9 Å². The minimum absolute atomic E-state index is 0.120. The molecule has 2 unspecified atom stereocenters. The van der Waals surface area contributed by atoms with Crippen LogP contribution < -0.4 is 0 Å². The summed E-state index contributed by atoms with van der Waals surface area (Å²) >= 11 is 7.57. The number of hydrogen-bond donors (Lipinski definition) is 1. The van der Waals surface area contributed by atoms with E-state index in [9.17, 15) is 9.50 Å². The average molecular weight is 311 g/mol. The molecule has 1 N–H and O–H groups in total. The highest BCUT2D eigenvalue weighted by Gasteiger charge is 2.27. The first-order valence-electron chi connectivity index (χ1n) is 6.83. The van der Waals surface area contributed by atoms with Crippen LogP contribution in [-0.4, -0.2) is 11.2 Å². The second-order valence-electron chi connectivity index (χ2n) is 5.32. The molecular weight excluding hydrogens is 295 g/mol. The molecule has 0 fully saturated rings. The predicted octanol–water partition coefficient (Wildman–Crippen LogP) is 4.56. The smallest absolute Gasteiger partial charge is 0.141 e. The summed E-state index contributed by atoms with van der Waals surface area (Å²) in [5, 5.41) is 12.7. The van der Waals surface area contributed by atoms with E-state index in [0.29, 0.717) is 6.42 Å². The van der Waals surface area contributed by atoms with Gasteiger partial charge in [-0.3, -0.25) is 0 Å². The molecule has 106 valence electrons. The van der Waals surface area contributed by atoms with E-state index in [1.165, 1.54) is 16.5 Å². The molecule has 2 atom stereocenters. The number of hydrogen-bond acceptors (Lipinski definition) is 2. The van der Waals surface area contributed by atoms with Crippen LogP contribution >= 0.6 is 22.9 Å². The molecule has 3 rings (SSSR count). The fraction of sp³-hybridized carbons (Fsp3) is 0.375. The lowest BCUT2D eigenvalue weighted by molar-refractivity contribution is 0.135. The van der Waals surface area contributed by atoms with Crippen molar-refractivity contribution in [2.45, 2.75) is 37.7 Å². The number of aliphatic hydroxyl groups excluding tert-OH is 1. The quantitative estimate of drug-likeness (QED) is 0.881.